The highest BCUT2D eigenvalue weighted by atomic mass is 35.5. The first-order chi connectivity index (χ1) is 12.7. The van der Waals surface area contributed by atoms with Gasteiger partial charge in [0, 0.05) is 11.1 Å². The molecule has 4 aromatic rings. The third-order valence-corrected chi connectivity index (χ3v) is 4.40. The minimum absolute atomic E-state index is 0.0540. The molecule has 26 heavy (non-hydrogen) atoms. The van der Waals surface area contributed by atoms with Gasteiger partial charge < -0.3 is 9.15 Å². The van der Waals surface area contributed by atoms with Crippen LogP contribution < -0.4 is 10.2 Å². The van der Waals surface area contributed by atoms with Crippen molar-refractivity contribution in [3.05, 3.63) is 99.9 Å². The van der Waals surface area contributed by atoms with Crippen LogP contribution in [0.4, 0.5) is 0 Å². The second kappa shape index (κ2) is 7.06. The van der Waals surface area contributed by atoms with E-state index in [4.69, 9.17) is 20.8 Å². The van der Waals surface area contributed by atoms with Crippen LogP contribution in [0, 0.1) is 0 Å². The van der Waals surface area contributed by atoms with Crippen LogP contribution in [-0.4, -0.2) is 0 Å². The summed E-state index contributed by atoms with van der Waals surface area (Å²) in [5.41, 5.74) is 2.85. The summed E-state index contributed by atoms with van der Waals surface area (Å²) in [5, 5.41) is 1.22. The summed E-state index contributed by atoms with van der Waals surface area (Å²) in [4.78, 5) is 12.7. The molecule has 3 nitrogen and oxygen atoms in total. The Hall–Kier alpha value is -3.04. The molecule has 0 radical (unpaired) electrons. The molecule has 1 heterocycles. The summed E-state index contributed by atoms with van der Waals surface area (Å²) in [6, 6.07) is 22.2. The van der Waals surface area contributed by atoms with Crippen molar-refractivity contribution in [1.29, 1.82) is 0 Å². The van der Waals surface area contributed by atoms with Crippen molar-refractivity contribution in [2.75, 3.05) is 0 Å². The molecule has 0 aliphatic carbocycles. The lowest BCUT2D eigenvalue weighted by Crippen LogP contribution is -2.05. The molecule has 0 N–H and O–H groups in total. The van der Waals surface area contributed by atoms with Crippen molar-refractivity contribution in [3.8, 4) is 16.9 Å². The minimum atomic E-state index is -0.0540. The molecular formula is C22H15ClO3. The van der Waals surface area contributed by atoms with Crippen LogP contribution in [0.15, 0.2) is 88.3 Å². The number of hydrogen-bond donors (Lipinski definition) is 0. The molecule has 4 rings (SSSR count). The summed E-state index contributed by atoms with van der Waals surface area (Å²) < 4.78 is 11.5. The molecule has 0 aliphatic rings. The average molecular weight is 363 g/mol. The van der Waals surface area contributed by atoms with Gasteiger partial charge in [0.05, 0.1) is 10.9 Å². The quantitative estimate of drug-likeness (QED) is 0.468. The lowest BCUT2D eigenvalue weighted by atomic mass is 10.1. The predicted octanol–water partition coefficient (Wildman–Crippen LogP) is 5.69. The van der Waals surface area contributed by atoms with Crippen LogP contribution in [0.25, 0.3) is 22.1 Å². The van der Waals surface area contributed by atoms with Gasteiger partial charge in [-0.05, 0) is 35.4 Å². The number of hydrogen-bond acceptors (Lipinski definition) is 3. The second-order valence-electron chi connectivity index (χ2n) is 5.92. The summed E-state index contributed by atoms with van der Waals surface area (Å²) in [7, 11) is 0. The van der Waals surface area contributed by atoms with E-state index in [9.17, 15) is 4.79 Å². The molecule has 128 valence electrons. The van der Waals surface area contributed by atoms with Crippen LogP contribution in [0.2, 0.25) is 5.02 Å². The molecule has 0 amide bonds. The van der Waals surface area contributed by atoms with Gasteiger partial charge in [0.25, 0.3) is 0 Å². The van der Waals surface area contributed by atoms with Gasteiger partial charge in [-0.3, -0.25) is 4.79 Å². The first-order valence-electron chi connectivity index (χ1n) is 8.19. The molecule has 0 unspecified atom stereocenters. The molecule has 0 fully saturated rings. The molecule has 0 atom stereocenters. The molecule has 0 spiro atoms. The van der Waals surface area contributed by atoms with Crippen molar-refractivity contribution < 1.29 is 9.15 Å². The predicted molar refractivity (Wildman–Crippen MR) is 104 cm³/mol. The molecule has 1 aromatic heterocycles. The highest BCUT2D eigenvalue weighted by molar-refractivity contribution is 6.30. The van der Waals surface area contributed by atoms with Crippen molar-refractivity contribution in [2.24, 2.45) is 0 Å². The maximum absolute atomic E-state index is 12.7. The Kier molecular flexibility index (Phi) is 4.46. The van der Waals surface area contributed by atoms with Crippen LogP contribution in [-0.2, 0) is 6.61 Å². The smallest absolute Gasteiger partial charge is 0.200 e. The Morgan fingerprint density at radius 1 is 0.923 bits per heavy atom. The van der Waals surface area contributed by atoms with E-state index >= 15 is 0 Å². The summed E-state index contributed by atoms with van der Waals surface area (Å²) in [6.45, 7) is 0.412. The van der Waals surface area contributed by atoms with E-state index < -0.39 is 0 Å². The fourth-order valence-electron chi connectivity index (χ4n) is 2.76. The van der Waals surface area contributed by atoms with E-state index in [1.54, 1.807) is 18.2 Å². The molecule has 0 aliphatic heterocycles. The Balaban J connectivity index is 1.62. The SMILES string of the molecule is O=c1c(-c2ccccc2)coc2cc(OCc3ccc(Cl)cc3)ccc12. The van der Waals surface area contributed by atoms with Gasteiger partial charge >= 0.3 is 0 Å². The topological polar surface area (TPSA) is 39.4 Å². The fraction of sp³-hybridized carbons (Fsp3) is 0.0455. The second-order valence-corrected chi connectivity index (χ2v) is 6.35. The van der Waals surface area contributed by atoms with Crippen molar-refractivity contribution in [2.45, 2.75) is 6.61 Å². The van der Waals surface area contributed by atoms with E-state index in [-0.39, 0.29) is 5.43 Å². The highest BCUT2D eigenvalue weighted by Crippen LogP contribution is 2.23. The Morgan fingerprint density at radius 2 is 1.69 bits per heavy atom. The molecule has 3 aromatic carbocycles. The van der Waals surface area contributed by atoms with Gasteiger partial charge in [-0.2, -0.15) is 0 Å². The monoisotopic (exact) mass is 362 g/mol. The maximum Gasteiger partial charge on any atom is 0.200 e. The zero-order chi connectivity index (χ0) is 17.9. The third-order valence-electron chi connectivity index (χ3n) is 4.15. The van der Waals surface area contributed by atoms with Gasteiger partial charge in [-0.25, -0.2) is 0 Å². The Bertz CT molecular complexity index is 1100. The lowest BCUT2D eigenvalue weighted by Gasteiger charge is -2.08. The standard InChI is InChI=1S/C22H15ClO3/c23-17-8-6-15(7-9-17)13-25-18-10-11-19-21(12-18)26-14-20(22(19)24)16-4-2-1-3-5-16/h1-12,14H,13H2. The number of rotatable bonds is 4. The number of halogens is 1. The molecule has 0 saturated carbocycles. The van der Waals surface area contributed by atoms with Gasteiger partial charge in [0.2, 0.25) is 0 Å². The first-order valence-corrected chi connectivity index (χ1v) is 8.57. The van der Waals surface area contributed by atoms with Crippen LogP contribution in [0.5, 0.6) is 5.75 Å². The minimum Gasteiger partial charge on any atom is -0.489 e. The Morgan fingerprint density at radius 3 is 2.46 bits per heavy atom. The highest BCUT2D eigenvalue weighted by Gasteiger charge is 2.10. The summed E-state index contributed by atoms with van der Waals surface area (Å²) >= 11 is 5.88. The summed E-state index contributed by atoms with van der Waals surface area (Å²) in [5.74, 6) is 0.642. The van der Waals surface area contributed by atoms with Crippen LogP contribution in [0.3, 0.4) is 0 Å². The normalized spacial score (nSPS) is 10.8. The van der Waals surface area contributed by atoms with E-state index in [0.29, 0.717) is 33.9 Å². The largest absolute Gasteiger partial charge is 0.489 e. The third kappa shape index (κ3) is 3.35. The van der Waals surface area contributed by atoms with Gasteiger partial charge in [0.1, 0.15) is 24.2 Å². The summed E-state index contributed by atoms with van der Waals surface area (Å²) in [6.07, 6.45) is 1.50. The average Bonchev–Trinajstić information content (AvgIpc) is 2.68. The molecule has 4 heteroatoms. The number of fused-ring (bicyclic) bond motifs is 1. The van der Waals surface area contributed by atoms with E-state index in [2.05, 4.69) is 0 Å². The Labute approximate surface area is 155 Å². The zero-order valence-electron chi connectivity index (χ0n) is 13.8. The van der Waals surface area contributed by atoms with Gasteiger partial charge in [-0.1, -0.05) is 54.1 Å². The lowest BCUT2D eigenvalue weighted by molar-refractivity contribution is 0.306. The van der Waals surface area contributed by atoms with Gasteiger partial charge in [-0.15, -0.1) is 0 Å². The zero-order valence-corrected chi connectivity index (χ0v) is 14.6. The first kappa shape index (κ1) is 16.4. The van der Waals surface area contributed by atoms with E-state index in [0.717, 1.165) is 11.1 Å². The molecular weight excluding hydrogens is 348 g/mol. The molecule has 0 saturated heterocycles. The van der Waals surface area contributed by atoms with Gasteiger partial charge in [0.15, 0.2) is 5.43 Å². The van der Waals surface area contributed by atoms with Crippen LogP contribution in [0.1, 0.15) is 5.56 Å². The maximum atomic E-state index is 12.7. The van der Waals surface area contributed by atoms with Crippen molar-refractivity contribution in [1.82, 2.24) is 0 Å². The fourth-order valence-corrected chi connectivity index (χ4v) is 2.89. The van der Waals surface area contributed by atoms with Crippen molar-refractivity contribution >= 4 is 22.6 Å². The van der Waals surface area contributed by atoms with E-state index in [1.807, 2.05) is 54.6 Å². The molecule has 0 bridgehead atoms. The number of benzene rings is 3. The number of ether oxygens (including phenoxy) is 1. The van der Waals surface area contributed by atoms with Crippen LogP contribution >= 0.6 is 11.6 Å². The van der Waals surface area contributed by atoms with E-state index in [1.165, 1.54) is 6.26 Å². The van der Waals surface area contributed by atoms with Crippen molar-refractivity contribution in [3.63, 3.8) is 0 Å².